The fraction of sp³-hybridized carbons (Fsp3) is 0.517. The minimum Gasteiger partial charge on any atom is -0.379 e. The molecule has 2 aliphatic heterocycles. The lowest BCUT2D eigenvalue weighted by molar-refractivity contribution is -0.117. The van der Waals surface area contributed by atoms with Crippen LogP contribution in [0.25, 0.3) is 0 Å². The third-order valence-electron chi connectivity index (χ3n) is 7.60. The Morgan fingerprint density at radius 1 is 0.917 bits per heavy atom. The van der Waals surface area contributed by atoms with Crippen LogP contribution in [-0.4, -0.2) is 69.2 Å². The van der Waals surface area contributed by atoms with Crippen LogP contribution in [0.1, 0.15) is 41.6 Å². The van der Waals surface area contributed by atoms with Crippen molar-refractivity contribution in [2.45, 2.75) is 32.1 Å². The van der Waals surface area contributed by atoms with E-state index >= 15 is 0 Å². The highest BCUT2D eigenvalue weighted by Gasteiger charge is 2.30. The van der Waals surface area contributed by atoms with E-state index in [1.54, 1.807) is 0 Å². The van der Waals surface area contributed by atoms with E-state index in [-0.39, 0.29) is 17.7 Å². The van der Waals surface area contributed by atoms with Gasteiger partial charge in [-0.15, -0.1) is 0 Å². The average Bonchev–Trinajstić information content (AvgIpc) is 3.76. The number of nitrogens with zero attached hydrogens (tertiary/aromatic N) is 2. The molecule has 5 rings (SSSR count). The summed E-state index contributed by atoms with van der Waals surface area (Å²) in [6.45, 7) is 6.58. The highest BCUT2D eigenvalue weighted by Crippen LogP contribution is 2.32. The molecule has 2 N–H and O–H groups in total. The predicted octanol–water partition coefficient (Wildman–Crippen LogP) is 3.56. The maximum atomic E-state index is 13.3. The predicted molar refractivity (Wildman–Crippen MR) is 142 cm³/mol. The lowest BCUT2D eigenvalue weighted by Gasteiger charge is -2.35. The Morgan fingerprint density at radius 3 is 2.39 bits per heavy atom. The monoisotopic (exact) mass is 490 g/mol. The zero-order valence-corrected chi connectivity index (χ0v) is 21.1. The number of hydrogen-bond acceptors (Lipinski definition) is 5. The number of carbonyl (C=O) groups is 2. The van der Waals surface area contributed by atoms with Crippen LogP contribution in [0, 0.1) is 11.8 Å². The number of morpholine rings is 1. The number of carbonyl (C=O) groups excluding carboxylic acids is 2. The molecule has 0 unspecified atom stereocenters. The molecule has 2 aromatic rings. The normalized spacial score (nSPS) is 19.2. The first-order valence-corrected chi connectivity index (χ1v) is 13.5. The number of hydrogen-bond donors (Lipinski definition) is 2. The topological polar surface area (TPSA) is 73.9 Å². The maximum absolute atomic E-state index is 13.3. The standard InChI is InChI=1S/C29H38N4O3/c34-28(24-6-7-24)31-25-8-9-27(26(21-25)29(35)30-12-15-32-16-18-36-19-17-32)33-13-10-23(11-14-33)20-22-4-2-1-3-5-22/h1-5,8-9,21,23-24H,6-7,10-20H2,(H,30,35)(H,31,34). The molecular formula is C29H38N4O3. The van der Waals surface area contributed by atoms with Crippen LogP contribution in [0.15, 0.2) is 48.5 Å². The molecule has 192 valence electrons. The Morgan fingerprint density at radius 2 is 1.67 bits per heavy atom. The summed E-state index contributed by atoms with van der Waals surface area (Å²) in [5.41, 5.74) is 3.70. The van der Waals surface area contributed by atoms with Crippen molar-refractivity contribution in [1.29, 1.82) is 0 Å². The number of piperidine rings is 1. The summed E-state index contributed by atoms with van der Waals surface area (Å²) in [6.07, 6.45) is 5.23. The van der Waals surface area contributed by atoms with E-state index < -0.39 is 0 Å². The smallest absolute Gasteiger partial charge is 0.253 e. The Kier molecular flexibility index (Phi) is 8.18. The molecule has 0 bridgehead atoms. The first-order chi connectivity index (χ1) is 17.7. The summed E-state index contributed by atoms with van der Waals surface area (Å²) in [5.74, 6) is 0.765. The quantitative estimate of drug-likeness (QED) is 0.562. The average molecular weight is 491 g/mol. The Bertz CT molecular complexity index is 1030. The molecule has 2 aromatic carbocycles. The van der Waals surface area contributed by atoms with Gasteiger partial charge in [-0.25, -0.2) is 0 Å². The fourth-order valence-electron chi connectivity index (χ4n) is 5.23. The summed E-state index contributed by atoms with van der Waals surface area (Å²) < 4.78 is 5.42. The third kappa shape index (κ3) is 6.65. The maximum Gasteiger partial charge on any atom is 0.253 e. The van der Waals surface area contributed by atoms with Gasteiger partial charge in [0, 0.05) is 56.6 Å². The van der Waals surface area contributed by atoms with Gasteiger partial charge in [-0.1, -0.05) is 30.3 Å². The molecule has 3 aliphatic rings. The largest absolute Gasteiger partial charge is 0.379 e. The molecule has 2 saturated heterocycles. The molecule has 1 aliphatic carbocycles. The molecular weight excluding hydrogens is 452 g/mol. The van der Waals surface area contributed by atoms with Crippen molar-refractivity contribution in [3.05, 3.63) is 59.7 Å². The molecule has 3 fully saturated rings. The van der Waals surface area contributed by atoms with Crippen molar-refractivity contribution >= 4 is 23.2 Å². The number of benzene rings is 2. The van der Waals surface area contributed by atoms with Crippen LogP contribution in [-0.2, 0) is 16.0 Å². The van der Waals surface area contributed by atoms with Crippen LogP contribution in [0.2, 0.25) is 0 Å². The summed E-state index contributed by atoms with van der Waals surface area (Å²) in [5, 5.41) is 6.13. The van der Waals surface area contributed by atoms with Crippen LogP contribution in [0.3, 0.4) is 0 Å². The second-order valence-electron chi connectivity index (χ2n) is 10.3. The highest BCUT2D eigenvalue weighted by molar-refractivity contribution is 6.02. The van der Waals surface area contributed by atoms with Crippen molar-refractivity contribution in [2.24, 2.45) is 11.8 Å². The summed E-state index contributed by atoms with van der Waals surface area (Å²) in [4.78, 5) is 30.3. The molecule has 0 atom stereocenters. The van der Waals surface area contributed by atoms with Gasteiger partial charge in [0.2, 0.25) is 5.91 Å². The van der Waals surface area contributed by atoms with E-state index in [1.807, 2.05) is 18.2 Å². The number of ether oxygens (including phenoxy) is 1. The molecule has 7 heteroatoms. The van der Waals surface area contributed by atoms with E-state index in [9.17, 15) is 9.59 Å². The second kappa shape index (κ2) is 11.9. The summed E-state index contributed by atoms with van der Waals surface area (Å²) >= 11 is 0. The van der Waals surface area contributed by atoms with E-state index in [1.165, 1.54) is 5.56 Å². The van der Waals surface area contributed by atoms with E-state index in [0.29, 0.717) is 23.7 Å². The van der Waals surface area contributed by atoms with Gasteiger partial charge in [0.1, 0.15) is 0 Å². The SMILES string of the molecule is O=C(NCCN1CCOCC1)c1cc(NC(=O)C2CC2)ccc1N1CCC(Cc2ccccc2)CC1. The summed E-state index contributed by atoms with van der Waals surface area (Å²) in [7, 11) is 0. The lowest BCUT2D eigenvalue weighted by atomic mass is 9.89. The van der Waals surface area contributed by atoms with Crippen molar-refractivity contribution in [3.8, 4) is 0 Å². The van der Waals surface area contributed by atoms with Crippen molar-refractivity contribution < 1.29 is 14.3 Å². The van der Waals surface area contributed by atoms with Gasteiger partial charge in [0.15, 0.2) is 0 Å². The number of anilines is 2. The van der Waals surface area contributed by atoms with Crippen molar-refractivity contribution in [2.75, 3.05) is 62.7 Å². The molecule has 0 radical (unpaired) electrons. The minimum atomic E-state index is -0.0767. The van der Waals surface area contributed by atoms with Crippen molar-refractivity contribution in [3.63, 3.8) is 0 Å². The van der Waals surface area contributed by atoms with Crippen LogP contribution in [0.5, 0.6) is 0 Å². The zero-order valence-electron chi connectivity index (χ0n) is 21.1. The van der Waals surface area contributed by atoms with Gasteiger partial charge in [0.25, 0.3) is 5.91 Å². The van der Waals surface area contributed by atoms with Gasteiger partial charge in [-0.05, 0) is 61.8 Å². The first kappa shape index (κ1) is 24.8. The Hall–Kier alpha value is -2.90. The van der Waals surface area contributed by atoms with Crippen LogP contribution in [0.4, 0.5) is 11.4 Å². The van der Waals surface area contributed by atoms with E-state index in [0.717, 1.165) is 83.7 Å². The molecule has 2 amide bonds. The van der Waals surface area contributed by atoms with Gasteiger partial charge >= 0.3 is 0 Å². The molecule has 36 heavy (non-hydrogen) atoms. The summed E-state index contributed by atoms with van der Waals surface area (Å²) in [6, 6.07) is 16.5. The number of amides is 2. The molecule has 0 spiro atoms. The van der Waals surface area contributed by atoms with E-state index in [4.69, 9.17) is 4.74 Å². The van der Waals surface area contributed by atoms with Crippen LogP contribution < -0.4 is 15.5 Å². The van der Waals surface area contributed by atoms with Crippen molar-refractivity contribution in [1.82, 2.24) is 10.2 Å². The van der Waals surface area contributed by atoms with Gasteiger partial charge in [-0.2, -0.15) is 0 Å². The molecule has 2 heterocycles. The fourth-order valence-corrected chi connectivity index (χ4v) is 5.23. The number of rotatable bonds is 9. The lowest BCUT2D eigenvalue weighted by Crippen LogP contribution is -2.41. The minimum absolute atomic E-state index is 0.0585. The Balaban J connectivity index is 1.24. The second-order valence-corrected chi connectivity index (χ2v) is 10.3. The Labute approximate surface area is 214 Å². The number of nitrogens with one attached hydrogen (secondary N) is 2. The molecule has 7 nitrogen and oxygen atoms in total. The third-order valence-corrected chi connectivity index (χ3v) is 7.60. The first-order valence-electron chi connectivity index (χ1n) is 13.5. The zero-order chi connectivity index (χ0) is 24.7. The van der Waals surface area contributed by atoms with Gasteiger partial charge in [0.05, 0.1) is 18.8 Å². The van der Waals surface area contributed by atoms with E-state index in [2.05, 4.69) is 50.8 Å². The van der Waals surface area contributed by atoms with Crippen LogP contribution >= 0.6 is 0 Å². The van der Waals surface area contributed by atoms with Gasteiger partial charge in [-0.3, -0.25) is 14.5 Å². The van der Waals surface area contributed by atoms with Gasteiger partial charge < -0.3 is 20.3 Å². The molecule has 0 aromatic heterocycles. The highest BCUT2D eigenvalue weighted by atomic mass is 16.5. The molecule has 1 saturated carbocycles.